The van der Waals surface area contributed by atoms with Crippen LogP contribution in [0.3, 0.4) is 0 Å². The molecule has 0 aliphatic carbocycles. The Morgan fingerprint density at radius 1 is 1.19 bits per heavy atom. The maximum absolute atomic E-state index is 4.29. The molecule has 2 unspecified atom stereocenters. The Morgan fingerprint density at radius 3 is 2.55 bits per heavy atom. The van der Waals surface area contributed by atoms with Crippen LogP contribution in [0.2, 0.25) is 19.6 Å². The molecule has 0 spiro atoms. The monoisotopic (exact) mass is 430 g/mol. The second kappa shape index (κ2) is 9.52. The summed E-state index contributed by atoms with van der Waals surface area (Å²) in [6.07, 6.45) is 13.3. The summed E-state index contributed by atoms with van der Waals surface area (Å²) in [5, 5.41) is 1.60. The summed E-state index contributed by atoms with van der Waals surface area (Å²) in [5.41, 5.74) is 8.30. The van der Waals surface area contributed by atoms with Gasteiger partial charge < -0.3 is 0 Å². The van der Waals surface area contributed by atoms with Gasteiger partial charge in [-0.05, 0) is 56.4 Å². The summed E-state index contributed by atoms with van der Waals surface area (Å²) < 4.78 is 2.55. The van der Waals surface area contributed by atoms with E-state index in [1.165, 1.54) is 34.4 Å². The minimum absolute atomic E-state index is 0.273. The van der Waals surface area contributed by atoms with Crippen LogP contribution >= 0.6 is 0 Å². The van der Waals surface area contributed by atoms with Crippen molar-refractivity contribution in [2.24, 2.45) is 0 Å². The van der Waals surface area contributed by atoms with Crippen molar-refractivity contribution in [3.63, 3.8) is 0 Å². The van der Waals surface area contributed by atoms with Gasteiger partial charge in [0.1, 0.15) is 0 Å². The highest BCUT2D eigenvalue weighted by molar-refractivity contribution is 6.88. The first-order chi connectivity index (χ1) is 14.7. The van der Waals surface area contributed by atoms with Crippen molar-refractivity contribution >= 4 is 13.3 Å². The number of rotatable bonds is 8. The summed E-state index contributed by atoms with van der Waals surface area (Å²) in [4.78, 5) is 0. The second-order valence-electron chi connectivity index (χ2n) is 10.1. The van der Waals surface area contributed by atoms with E-state index in [2.05, 4.69) is 107 Å². The molecule has 3 rings (SSSR count). The molecule has 1 aromatic heterocycles. The lowest BCUT2D eigenvalue weighted by Gasteiger charge is -2.31. The Bertz CT molecular complexity index is 1010. The number of hydrogen-bond acceptors (Lipinski definition) is 0. The van der Waals surface area contributed by atoms with Crippen LogP contribution in [0.1, 0.15) is 61.8 Å². The molecule has 0 saturated heterocycles. The number of aromatic nitrogens is 1. The van der Waals surface area contributed by atoms with E-state index in [0.717, 1.165) is 19.3 Å². The minimum Gasteiger partial charge on any atom is -0.191 e. The topological polar surface area (TPSA) is 3.88 Å². The first-order valence-corrected chi connectivity index (χ1v) is 15.3. The molecule has 0 radical (unpaired) electrons. The number of allylic oxidation sites excluding steroid dienone is 4. The number of pyridine rings is 1. The van der Waals surface area contributed by atoms with E-state index in [1.54, 1.807) is 10.8 Å². The summed E-state index contributed by atoms with van der Waals surface area (Å²) in [6.45, 7) is 22.5. The van der Waals surface area contributed by atoms with Crippen molar-refractivity contribution in [2.75, 3.05) is 0 Å². The molecule has 164 valence electrons. The smallest absolute Gasteiger partial charge is 0.191 e. The highest BCUT2D eigenvalue weighted by atomic mass is 28.3. The fourth-order valence-corrected chi connectivity index (χ4v) is 6.77. The predicted octanol–water partition coefficient (Wildman–Crippen LogP) is 7.18. The van der Waals surface area contributed by atoms with E-state index in [-0.39, 0.29) is 6.04 Å². The van der Waals surface area contributed by atoms with Crippen LogP contribution in [0.25, 0.3) is 11.3 Å². The van der Waals surface area contributed by atoms with E-state index < -0.39 is 8.07 Å². The van der Waals surface area contributed by atoms with Crippen LogP contribution in [0.4, 0.5) is 0 Å². The lowest BCUT2D eigenvalue weighted by atomic mass is 9.79. The van der Waals surface area contributed by atoms with Gasteiger partial charge in [-0.15, -0.1) is 0 Å². The van der Waals surface area contributed by atoms with Crippen molar-refractivity contribution in [3.05, 3.63) is 84.1 Å². The molecule has 2 heterocycles. The summed E-state index contributed by atoms with van der Waals surface area (Å²) >= 11 is 0. The normalized spacial score (nSPS) is 18.0. The van der Waals surface area contributed by atoms with Crippen molar-refractivity contribution in [1.82, 2.24) is 0 Å². The molecule has 31 heavy (non-hydrogen) atoms. The van der Waals surface area contributed by atoms with Gasteiger partial charge in [-0.2, -0.15) is 4.57 Å². The number of nitrogens with zero attached hydrogens (tertiary/aromatic N) is 1. The summed E-state index contributed by atoms with van der Waals surface area (Å²) in [5.74, 6) is 0.416. The Labute approximate surface area is 191 Å². The molecule has 1 nitrogen and oxygen atoms in total. The van der Waals surface area contributed by atoms with E-state index in [4.69, 9.17) is 0 Å². The van der Waals surface area contributed by atoms with Crippen LogP contribution in [-0.2, 0) is 6.42 Å². The van der Waals surface area contributed by atoms with Gasteiger partial charge in [0.15, 0.2) is 12.2 Å². The van der Waals surface area contributed by atoms with E-state index >= 15 is 0 Å². The van der Waals surface area contributed by atoms with E-state index in [0.29, 0.717) is 5.92 Å². The molecule has 0 N–H and O–H groups in total. The molecule has 2 heteroatoms. The van der Waals surface area contributed by atoms with Gasteiger partial charge in [0, 0.05) is 11.3 Å². The lowest BCUT2D eigenvalue weighted by Crippen LogP contribution is -2.53. The van der Waals surface area contributed by atoms with Crippen molar-refractivity contribution in [1.29, 1.82) is 0 Å². The van der Waals surface area contributed by atoms with Crippen LogP contribution in [0, 0.1) is 6.92 Å². The average Bonchev–Trinajstić information content (AvgIpc) is 2.71. The molecule has 1 aromatic carbocycles. The van der Waals surface area contributed by atoms with Gasteiger partial charge >= 0.3 is 0 Å². The quantitative estimate of drug-likeness (QED) is 0.181. The second-order valence-corrected chi connectivity index (χ2v) is 15.2. The first kappa shape index (κ1) is 23.5. The lowest BCUT2D eigenvalue weighted by molar-refractivity contribution is -0.706. The van der Waals surface area contributed by atoms with Crippen molar-refractivity contribution < 1.29 is 4.57 Å². The van der Waals surface area contributed by atoms with Gasteiger partial charge in [-0.25, -0.2) is 0 Å². The highest BCUT2D eigenvalue weighted by Crippen LogP contribution is 2.42. The molecular formula is C29H40NSi+. The van der Waals surface area contributed by atoms with E-state index in [1.807, 2.05) is 0 Å². The van der Waals surface area contributed by atoms with Gasteiger partial charge in [-0.3, -0.25) is 0 Å². The zero-order chi connectivity index (χ0) is 22.8. The number of hydrogen-bond donors (Lipinski definition) is 0. The van der Waals surface area contributed by atoms with Crippen LogP contribution in [-0.4, -0.2) is 8.07 Å². The average molecular weight is 431 g/mol. The van der Waals surface area contributed by atoms with Gasteiger partial charge in [0.05, 0.1) is 19.6 Å². The number of aryl methyl sites for hydroxylation is 2. The SMILES string of the molecule is C=CC1C(CCC(=C)/C=C\C)c2ccc(C)cc2-c2cc(CCC)c([Si](C)(C)C)c[n+]21. The van der Waals surface area contributed by atoms with Crippen molar-refractivity contribution in [2.45, 2.75) is 78.1 Å². The molecule has 0 bridgehead atoms. The predicted molar refractivity (Wildman–Crippen MR) is 139 cm³/mol. The molecule has 2 aromatic rings. The van der Waals surface area contributed by atoms with Crippen LogP contribution in [0.15, 0.2) is 67.4 Å². The third-order valence-corrected chi connectivity index (χ3v) is 8.63. The molecular weight excluding hydrogens is 390 g/mol. The largest absolute Gasteiger partial charge is 0.213 e. The fraction of sp³-hybridized carbons (Fsp3) is 0.414. The zero-order valence-corrected chi connectivity index (χ0v) is 21.5. The molecule has 1 aliphatic heterocycles. The van der Waals surface area contributed by atoms with Crippen LogP contribution < -0.4 is 9.75 Å². The van der Waals surface area contributed by atoms with Crippen LogP contribution in [0.5, 0.6) is 0 Å². The number of fused-ring (bicyclic) bond motifs is 3. The highest BCUT2D eigenvalue weighted by Gasteiger charge is 2.40. The van der Waals surface area contributed by atoms with Gasteiger partial charge in [0.25, 0.3) is 0 Å². The molecule has 2 atom stereocenters. The van der Waals surface area contributed by atoms with Gasteiger partial charge in [-0.1, -0.05) is 81.6 Å². The first-order valence-electron chi connectivity index (χ1n) is 11.8. The Balaban J connectivity index is 2.21. The minimum atomic E-state index is -1.47. The number of benzene rings is 1. The third kappa shape index (κ3) is 4.85. The summed E-state index contributed by atoms with van der Waals surface area (Å²) in [6, 6.07) is 9.79. The third-order valence-electron chi connectivity index (χ3n) is 6.57. The molecule has 1 aliphatic rings. The Kier molecular flexibility index (Phi) is 7.21. The molecule has 0 saturated carbocycles. The van der Waals surface area contributed by atoms with Crippen molar-refractivity contribution in [3.8, 4) is 11.3 Å². The van der Waals surface area contributed by atoms with E-state index in [9.17, 15) is 0 Å². The fourth-order valence-electron chi connectivity index (χ4n) is 5.08. The Morgan fingerprint density at radius 2 is 1.94 bits per heavy atom. The standard InChI is InChI=1S/C29H40NSi/c1-9-12-21(4)14-17-25-24-16-15-22(5)18-26(24)28-19-23(13-10-2)29(31(6,7)8)20-30(28)27(25)11-3/h9,11-12,15-16,18-20,25,27H,3-4,10,13-14,17H2,1-2,5-8H3/q+1/b12-9-. The molecule has 0 fully saturated rings. The Hall–Kier alpha value is -2.19. The summed E-state index contributed by atoms with van der Waals surface area (Å²) in [7, 11) is -1.47. The maximum Gasteiger partial charge on any atom is 0.213 e. The maximum atomic E-state index is 4.29. The van der Waals surface area contributed by atoms with Gasteiger partial charge in [0.2, 0.25) is 5.69 Å². The molecule has 0 amide bonds. The zero-order valence-electron chi connectivity index (χ0n) is 20.5.